The Balaban J connectivity index is 1.53. The number of piperazine rings is 1. The fourth-order valence-electron chi connectivity index (χ4n) is 3.23. The smallest absolute Gasteiger partial charge is 0.335 e. The minimum Gasteiger partial charge on any atom is -0.478 e. The van der Waals surface area contributed by atoms with E-state index in [0.29, 0.717) is 43.7 Å². The van der Waals surface area contributed by atoms with Crippen LogP contribution in [0.15, 0.2) is 47.4 Å². The maximum Gasteiger partial charge on any atom is 0.335 e. The summed E-state index contributed by atoms with van der Waals surface area (Å²) in [6, 6.07) is 9.46. The summed E-state index contributed by atoms with van der Waals surface area (Å²) < 4.78 is 0. The number of pyridine rings is 1. The molecule has 2 aromatic rings. The third-order valence-corrected chi connectivity index (χ3v) is 4.81. The first-order chi connectivity index (χ1) is 13.5. The number of hydrogen-bond donors (Lipinski definition) is 2. The van der Waals surface area contributed by atoms with Crippen LogP contribution < -0.4 is 5.56 Å². The van der Waals surface area contributed by atoms with Crippen LogP contribution >= 0.6 is 0 Å². The maximum absolute atomic E-state index is 12.5. The van der Waals surface area contributed by atoms with Crippen molar-refractivity contribution in [3.05, 3.63) is 69.6 Å². The molecular formula is C20H21N3O5. The van der Waals surface area contributed by atoms with Gasteiger partial charge in [-0.2, -0.15) is 0 Å². The van der Waals surface area contributed by atoms with E-state index >= 15 is 0 Å². The summed E-state index contributed by atoms with van der Waals surface area (Å²) in [5.41, 5.74) is 0.989. The molecular weight excluding hydrogens is 362 g/mol. The molecule has 0 atom stereocenters. The van der Waals surface area contributed by atoms with Gasteiger partial charge in [-0.05, 0) is 24.1 Å². The molecule has 8 heteroatoms. The first-order valence-electron chi connectivity index (χ1n) is 9.02. The summed E-state index contributed by atoms with van der Waals surface area (Å²) in [4.78, 5) is 53.1. The number of hydrogen-bond acceptors (Lipinski definition) is 4. The van der Waals surface area contributed by atoms with Crippen LogP contribution in [0.3, 0.4) is 0 Å². The van der Waals surface area contributed by atoms with E-state index < -0.39 is 5.97 Å². The van der Waals surface area contributed by atoms with Crippen LogP contribution in [-0.4, -0.2) is 63.9 Å². The fraction of sp³-hybridized carbons (Fsp3) is 0.300. The number of carboxylic acids is 1. The van der Waals surface area contributed by atoms with Gasteiger partial charge in [0.15, 0.2) is 0 Å². The molecule has 2 heterocycles. The van der Waals surface area contributed by atoms with E-state index in [1.54, 1.807) is 28.0 Å². The van der Waals surface area contributed by atoms with Gasteiger partial charge in [0.1, 0.15) is 0 Å². The molecule has 8 nitrogen and oxygen atoms in total. The SMILES string of the molecule is O=C(O)c1ccccc1CCC(=O)N1CCN(C(=O)c2ccc(=O)[nH]c2)CC1. The Labute approximate surface area is 161 Å². The fourth-order valence-corrected chi connectivity index (χ4v) is 3.23. The summed E-state index contributed by atoms with van der Waals surface area (Å²) in [5.74, 6) is -1.24. The molecule has 3 rings (SSSR count). The molecule has 0 unspecified atom stereocenters. The van der Waals surface area contributed by atoms with E-state index in [9.17, 15) is 24.3 Å². The van der Waals surface area contributed by atoms with Crippen molar-refractivity contribution in [3.63, 3.8) is 0 Å². The molecule has 0 bridgehead atoms. The lowest BCUT2D eigenvalue weighted by atomic mass is 10.0. The molecule has 2 amide bonds. The molecule has 28 heavy (non-hydrogen) atoms. The Morgan fingerprint density at radius 3 is 2.29 bits per heavy atom. The molecule has 146 valence electrons. The van der Waals surface area contributed by atoms with Crippen LogP contribution in [-0.2, 0) is 11.2 Å². The van der Waals surface area contributed by atoms with Crippen LogP contribution in [0.25, 0.3) is 0 Å². The van der Waals surface area contributed by atoms with Crippen molar-refractivity contribution in [1.82, 2.24) is 14.8 Å². The Morgan fingerprint density at radius 2 is 1.64 bits per heavy atom. The number of carboxylic acid groups (broad SMARTS) is 1. The van der Waals surface area contributed by atoms with Gasteiger partial charge in [0.25, 0.3) is 5.91 Å². The van der Waals surface area contributed by atoms with Gasteiger partial charge >= 0.3 is 5.97 Å². The van der Waals surface area contributed by atoms with E-state index in [1.165, 1.54) is 24.4 Å². The van der Waals surface area contributed by atoms with Crippen molar-refractivity contribution in [3.8, 4) is 0 Å². The third kappa shape index (κ3) is 4.46. The lowest BCUT2D eigenvalue weighted by Crippen LogP contribution is -2.50. The van der Waals surface area contributed by atoms with Crippen molar-refractivity contribution in [2.24, 2.45) is 0 Å². The molecule has 0 spiro atoms. The highest BCUT2D eigenvalue weighted by molar-refractivity contribution is 5.94. The molecule has 1 aliphatic rings. The highest BCUT2D eigenvalue weighted by Crippen LogP contribution is 2.13. The van der Waals surface area contributed by atoms with Crippen molar-refractivity contribution in [1.29, 1.82) is 0 Å². The molecule has 1 saturated heterocycles. The average Bonchev–Trinajstić information content (AvgIpc) is 2.72. The van der Waals surface area contributed by atoms with Crippen LogP contribution in [0.1, 0.15) is 32.7 Å². The third-order valence-electron chi connectivity index (χ3n) is 4.81. The maximum atomic E-state index is 12.5. The number of aromatic nitrogens is 1. The van der Waals surface area contributed by atoms with Crippen molar-refractivity contribution in [2.45, 2.75) is 12.8 Å². The Morgan fingerprint density at radius 1 is 0.964 bits per heavy atom. The van der Waals surface area contributed by atoms with Gasteiger partial charge in [-0.25, -0.2) is 4.79 Å². The summed E-state index contributed by atoms with van der Waals surface area (Å²) in [7, 11) is 0. The first-order valence-corrected chi connectivity index (χ1v) is 9.02. The minimum absolute atomic E-state index is 0.0590. The van der Waals surface area contributed by atoms with Gasteiger partial charge in [0, 0.05) is 44.9 Å². The number of nitrogens with one attached hydrogen (secondary N) is 1. The molecule has 0 saturated carbocycles. The van der Waals surface area contributed by atoms with Gasteiger partial charge in [0.05, 0.1) is 11.1 Å². The lowest BCUT2D eigenvalue weighted by Gasteiger charge is -2.35. The standard InChI is InChI=1S/C20H21N3O5/c24-17-7-5-15(13-21-17)19(26)23-11-9-22(10-12-23)18(25)8-6-14-3-1-2-4-16(14)20(27)28/h1-5,7,13H,6,8-12H2,(H,21,24)(H,27,28). The zero-order valence-corrected chi connectivity index (χ0v) is 15.3. The normalized spacial score (nSPS) is 14.0. The quantitative estimate of drug-likeness (QED) is 0.800. The number of carbonyl (C=O) groups is 3. The number of carbonyl (C=O) groups excluding carboxylic acids is 2. The molecule has 0 aliphatic carbocycles. The van der Waals surface area contributed by atoms with E-state index in [2.05, 4.69) is 4.98 Å². The first kappa shape index (κ1) is 19.3. The van der Waals surface area contributed by atoms with Gasteiger partial charge in [-0.3, -0.25) is 14.4 Å². The predicted molar refractivity (Wildman–Crippen MR) is 101 cm³/mol. The van der Waals surface area contributed by atoms with Crippen molar-refractivity contribution >= 4 is 17.8 Å². The number of benzene rings is 1. The van der Waals surface area contributed by atoms with Crippen LogP contribution in [0.4, 0.5) is 0 Å². The zero-order chi connectivity index (χ0) is 20.1. The molecule has 1 aromatic carbocycles. The molecule has 1 aliphatic heterocycles. The van der Waals surface area contributed by atoms with Crippen LogP contribution in [0, 0.1) is 0 Å². The van der Waals surface area contributed by atoms with Gasteiger partial charge < -0.3 is 19.9 Å². The predicted octanol–water partition coefficient (Wildman–Crippen LogP) is 0.990. The Hall–Kier alpha value is -3.42. The monoisotopic (exact) mass is 383 g/mol. The number of aromatic amines is 1. The largest absolute Gasteiger partial charge is 0.478 e. The number of aromatic carboxylic acids is 1. The molecule has 2 N–H and O–H groups in total. The van der Waals surface area contributed by atoms with Crippen LogP contribution in [0.5, 0.6) is 0 Å². The lowest BCUT2D eigenvalue weighted by molar-refractivity contribution is -0.132. The molecule has 0 radical (unpaired) electrons. The highest BCUT2D eigenvalue weighted by atomic mass is 16.4. The van der Waals surface area contributed by atoms with Gasteiger partial charge in [-0.1, -0.05) is 18.2 Å². The van der Waals surface area contributed by atoms with Gasteiger partial charge in [0.2, 0.25) is 11.5 Å². The van der Waals surface area contributed by atoms with Gasteiger partial charge in [-0.15, -0.1) is 0 Å². The van der Waals surface area contributed by atoms with E-state index in [0.717, 1.165) is 0 Å². The topological polar surface area (TPSA) is 111 Å². The van der Waals surface area contributed by atoms with Crippen LogP contribution in [0.2, 0.25) is 0 Å². The number of nitrogens with zero attached hydrogens (tertiary/aromatic N) is 2. The number of aryl methyl sites for hydroxylation is 1. The Kier molecular flexibility index (Phi) is 5.88. The molecule has 1 fully saturated rings. The number of rotatable bonds is 5. The number of amides is 2. The Bertz CT molecular complexity index is 924. The van der Waals surface area contributed by atoms with Crippen molar-refractivity contribution in [2.75, 3.05) is 26.2 Å². The second-order valence-electron chi connectivity index (χ2n) is 6.58. The summed E-state index contributed by atoms with van der Waals surface area (Å²) in [5, 5.41) is 9.22. The van der Waals surface area contributed by atoms with E-state index in [1.807, 2.05) is 0 Å². The zero-order valence-electron chi connectivity index (χ0n) is 15.3. The number of H-pyrrole nitrogens is 1. The van der Waals surface area contributed by atoms with E-state index in [4.69, 9.17) is 0 Å². The second kappa shape index (κ2) is 8.51. The highest BCUT2D eigenvalue weighted by Gasteiger charge is 2.25. The summed E-state index contributed by atoms with van der Waals surface area (Å²) >= 11 is 0. The summed E-state index contributed by atoms with van der Waals surface area (Å²) in [6.45, 7) is 1.67. The second-order valence-corrected chi connectivity index (χ2v) is 6.58. The summed E-state index contributed by atoms with van der Waals surface area (Å²) in [6.07, 6.45) is 1.97. The minimum atomic E-state index is -1.00. The average molecular weight is 383 g/mol. The van der Waals surface area contributed by atoms with E-state index in [-0.39, 0.29) is 29.4 Å². The molecule has 1 aromatic heterocycles. The van der Waals surface area contributed by atoms with Crippen molar-refractivity contribution < 1.29 is 19.5 Å².